The molecule has 7 aromatic carbocycles. The van der Waals surface area contributed by atoms with Crippen molar-refractivity contribution < 1.29 is 4.39 Å². The van der Waals surface area contributed by atoms with E-state index >= 15 is 0 Å². The highest BCUT2D eigenvalue weighted by Gasteiger charge is 2.35. The highest BCUT2D eigenvalue weighted by Crippen LogP contribution is 2.51. The fraction of sp³-hybridized carbons (Fsp3) is 0.0732. The van der Waals surface area contributed by atoms with E-state index in [1.54, 1.807) is 12.1 Å². The Morgan fingerprint density at radius 1 is 0.405 bits per heavy atom. The predicted molar refractivity (Wildman–Crippen MR) is 175 cm³/mol. The number of hydrogen-bond donors (Lipinski definition) is 0. The van der Waals surface area contributed by atoms with Crippen LogP contribution in [-0.2, 0) is 5.41 Å². The third kappa shape index (κ3) is 3.67. The van der Waals surface area contributed by atoms with Gasteiger partial charge in [0.15, 0.2) is 0 Å². The average molecular weight is 541 g/mol. The standard InChI is InChI=1S/C41H29F/c1-41(2)37-15-9-8-12-31(37)32-22-19-29(25-38(32)41)40-34-14-7-6-13-33(34)39(27-16-20-30(42)21-17-27)35-23-18-28(24-36(35)40)26-10-4-3-5-11-26/h3-25H,1-2H3. The Balaban J connectivity index is 1.48. The molecule has 0 heterocycles. The molecule has 42 heavy (non-hydrogen) atoms. The molecule has 0 bridgehead atoms. The van der Waals surface area contributed by atoms with Gasteiger partial charge in [-0.1, -0.05) is 129 Å². The van der Waals surface area contributed by atoms with Gasteiger partial charge < -0.3 is 0 Å². The van der Waals surface area contributed by atoms with Crippen LogP contribution in [0.25, 0.3) is 66.1 Å². The third-order valence-corrected chi connectivity index (χ3v) is 9.14. The van der Waals surface area contributed by atoms with Gasteiger partial charge in [-0.2, -0.15) is 0 Å². The first-order valence-electron chi connectivity index (χ1n) is 14.6. The van der Waals surface area contributed by atoms with Crippen LogP contribution in [0, 0.1) is 5.82 Å². The summed E-state index contributed by atoms with van der Waals surface area (Å²) in [6.45, 7) is 4.67. The minimum atomic E-state index is -0.225. The summed E-state index contributed by atoms with van der Waals surface area (Å²) in [5, 5.41) is 4.73. The van der Waals surface area contributed by atoms with Crippen LogP contribution in [0.2, 0.25) is 0 Å². The van der Waals surface area contributed by atoms with Gasteiger partial charge in [0.05, 0.1) is 0 Å². The molecule has 1 aliphatic rings. The molecule has 8 rings (SSSR count). The normalized spacial score (nSPS) is 13.3. The first-order chi connectivity index (χ1) is 20.5. The molecule has 0 radical (unpaired) electrons. The van der Waals surface area contributed by atoms with Crippen molar-refractivity contribution >= 4 is 21.5 Å². The quantitative estimate of drug-likeness (QED) is 0.196. The van der Waals surface area contributed by atoms with Crippen molar-refractivity contribution in [3.63, 3.8) is 0 Å². The van der Waals surface area contributed by atoms with E-state index in [1.165, 1.54) is 60.7 Å². The summed E-state index contributed by atoms with van der Waals surface area (Å²) in [4.78, 5) is 0. The zero-order chi connectivity index (χ0) is 28.4. The van der Waals surface area contributed by atoms with E-state index in [-0.39, 0.29) is 11.2 Å². The number of benzene rings is 7. The van der Waals surface area contributed by atoms with E-state index in [4.69, 9.17) is 0 Å². The lowest BCUT2D eigenvalue weighted by Gasteiger charge is -2.23. The first-order valence-corrected chi connectivity index (χ1v) is 14.6. The lowest BCUT2D eigenvalue weighted by Crippen LogP contribution is -2.14. The third-order valence-electron chi connectivity index (χ3n) is 9.14. The Labute approximate surface area is 245 Å². The molecule has 200 valence electrons. The Morgan fingerprint density at radius 2 is 0.976 bits per heavy atom. The van der Waals surface area contributed by atoms with Crippen LogP contribution in [0.15, 0.2) is 140 Å². The SMILES string of the molecule is CC1(C)c2ccccc2-c2ccc(-c3c4ccccc4c(-c4ccc(F)cc4)c4ccc(-c5ccccc5)cc34)cc21. The molecule has 0 atom stereocenters. The van der Waals surface area contributed by atoms with Crippen molar-refractivity contribution in [1.82, 2.24) is 0 Å². The Kier molecular flexibility index (Phi) is 5.46. The van der Waals surface area contributed by atoms with Gasteiger partial charge in [-0.25, -0.2) is 4.39 Å². The maximum Gasteiger partial charge on any atom is 0.123 e. The smallest absolute Gasteiger partial charge is 0.123 e. The van der Waals surface area contributed by atoms with Gasteiger partial charge in [-0.05, 0) is 101 Å². The number of hydrogen-bond acceptors (Lipinski definition) is 0. The van der Waals surface area contributed by atoms with Gasteiger partial charge in [0.1, 0.15) is 5.82 Å². The van der Waals surface area contributed by atoms with Crippen LogP contribution in [0.5, 0.6) is 0 Å². The van der Waals surface area contributed by atoms with E-state index in [9.17, 15) is 4.39 Å². The predicted octanol–water partition coefficient (Wildman–Crippen LogP) is 11.4. The number of rotatable bonds is 3. The van der Waals surface area contributed by atoms with Crippen molar-refractivity contribution in [2.45, 2.75) is 19.3 Å². The summed E-state index contributed by atoms with van der Waals surface area (Å²) in [5.41, 5.74) is 12.3. The molecule has 1 heteroatoms. The van der Waals surface area contributed by atoms with Crippen molar-refractivity contribution in [3.05, 3.63) is 156 Å². The zero-order valence-electron chi connectivity index (χ0n) is 23.7. The summed E-state index contributed by atoms with van der Waals surface area (Å²) in [6.07, 6.45) is 0. The molecule has 0 unspecified atom stereocenters. The second-order valence-electron chi connectivity index (χ2n) is 11.9. The molecule has 7 aromatic rings. The van der Waals surface area contributed by atoms with E-state index < -0.39 is 0 Å². The second-order valence-corrected chi connectivity index (χ2v) is 11.9. The Morgan fingerprint density at radius 3 is 1.74 bits per heavy atom. The molecule has 0 aliphatic heterocycles. The summed E-state index contributed by atoms with van der Waals surface area (Å²) in [5.74, 6) is -0.225. The van der Waals surface area contributed by atoms with E-state index in [0.717, 1.165) is 16.5 Å². The van der Waals surface area contributed by atoms with E-state index in [0.29, 0.717) is 0 Å². The largest absolute Gasteiger partial charge is 0.207 e. The average Bonchev–Trinajstić information content (AvgIpc) is 3.26. The molecular formula is C41H29F. The lowest BCUT2D eigenvalue weighted by molar-refractivity contribution is 0.628. The van der Waals surface area contributed by atoms with Crippen LogP contribution < -0.4 is 0 Å². The minimum absolute atomic E-state index is 0.0865. The lowest BCUT2D eigenvalue weighted by atomic mass is 9.80. The minimum Gasteiger partial charge on any atom is -0.207 e. The van der Waals surface area contributed by atoms with Gasteiger partial charge in [-0.3, -0.25) is 0 Å². The fourth-order valence-electron chi connectivity index (χ4n) is 7.09. The molecule has 0 fully saturated rings. The van der Waals surface area contributed by atoms with Crippen molar-refractivity contribution in [3.8, 4) is 44.5 Å². The maximum atomic E-state index is 14.0. The van der Waals surface area contributed by atoms with Crippen LogP contribution in [0.3, 0.4) is 0 Å². The van der Waals surface area contributed by atoms with Gasteiger partial charge in [-0.15, -0.1) is 0 Å². The zero-order valence-corrected chi connectivity index (χ0v) is 23.7. The monoisotopic (exact) mass is 540 g/mol. The Bertz CT molecular complexity index is 2150. The van der Waals surface area contributed by atoms with E-state index in [1.807, 2.05) is 12.1 Å². The van der Waals surface area contributed by atoms with Gasteiger partial charge >= 0.3 is 0 Å². The summed E-state index contributed by atoms with van der Waals surface area (Å²) < 4.78 is 14.0. The maximum absolute atomic E-state index is 14.0. The summed E-state index contributed by atoms with van der Waals surface area (Å²) >= 11 is 0. The molecule has 0 amide bonds. The van der Waals surface area contributed by atoms with Crippen LogP contribution in [0.1, 0.15) is 25.0 Å². The molecule has 0 N–H and O–H groups in total. The highest BCUT2D eigenvalue weighted by atomic mass is 19.1. The molecule has 0 saturated carbocycles. The first kappa shape index (κ1) is 24.8. The molecule has 0 saturated heterocycles. The number of fused-ring (bicyclic) bond motifs is 5. The highest BCUT2D eigenvalue weighted by molar-refractivity contribution is 6.22. The van der Waals surface area contributed by atoms with Crippen molar-refractivity contribution in [2.24, 2.45) is 0 Å². The summed E-state index contributed by atoms with van der Waals surface area (Å²) in [6, 6.07) is 48.8. The van der Waals surface area contributed by atoms with Crippen LogP contribution >= 0.6 is 0 Å². The van der Waals surface area contributed by atoms with Gasteiger partial charge in [0, 0.05) is 5.41 Å². The molecule has 1 aliphatic carbocycles. The topological polar surface area (TPSA) is 0 Å². The fourth-order valence-corrected chi connectivity index (χ4v) is 7.09. The Hall–Kier alpha value is -5.01. The van der Waals surface area contributed by atoms with E-state index in [2.05, 4.69) is 129 Å². The molecular weight excluding hydrogens is 511 g/mol. The van der Waals surface area contributed by atoms with Gasteiger partial charge in [0.2, 0.25) is 0 Å². The number of halogens is 1. The van der Waals surface area contributed by atoms with Crippen molar-refractivity contribution in [2.75, 3.05) is 0 Å². The second kappa shape index (κ2) is 9.26. The van der Waals surface area contributed by atoms with Gasteiger partial charge in [0.25, 0.3) is 0 Å². The molecule has 0 spiro atoms. The van der Waals surface area contributed by atoms with Crippen LogP contribution in [0.4, 0.5) is 4.39 Å². The summed E-state index contributed by atoms with van der Waals surface area (Å²) in [7, 11) is 0. The van der Waals surface area contributed by atoms with Crippen LogP contribution in [-0.4, -0.2) is 0 Å². The molecule has 0 nitrogen and oxygen atoms in total. The van der Waals surface area contributed by atoms with Crippen molar-refractivity contribution in [1.29, 1.82) is 0 Å². The molecule has 0 aromatic heterocycles.